The van der Waals surface area contributed by atoms with Crippen LogP contribution in [-0.4, -0.2) is 54.3 Å². The fraction of sp³-hybridized carbons (Fsp3) is 0.364. The summed E-state index contributed by atoms with van der Waals surface area (Å²) in [4.78, 5) is 11.2. The molecule has 1 aliphatic rings. The maximum absolute atomic E-state index is 6.26. The summed E-state index contributed by atoms with van der Waals surface area (Å²) in [6, 6.07) is 11.9. The Hall–Kier alpha value is -2.90. The number of benzene rings is 2. The Morgan fingerprint density at radius 1 is 1.17 bits per heavy atom. The van der Waals surface area contributed by atoms with Crippen molar-refractivity contribution in [3.8, 4) is 5.75 Å². The van der Waals surface area contributed by atoms with Crippen molar-refractivity contribution >= 4 is 28.1 Å². The van der Waals surface area contributed by atoms with Crippen LogP contribution in [-0.2, 0) is 4.74 Å². The van der Waals surface area contributed by atoms with Gasteiger partial charge in [-0.2, -0.15) is 0 Å². The summed E-state index contributed by atoms with van der Waals surface area (Å²) >= 11 is 0. The van der Waals surface area contributed by atoms with Crippen molar-refractivity contribution in [3.05, 3.63) is 48.3 Å². The summed E-state index contributed by atoms with van der Waals surface area (Å²) in [5, 5.41) is 4.23. The fourth-order valence-electron chi connectivity index (χ4n) is 3.48. The lowest BCUT2D eigenvalue weighted by atomic mass is 10.2. The van der Waals surface area contributed by atoms with E-state index < -0.39 is 0 Å². The monoisotopic (exact) mass is 393 g/mol. The highest BCUT2D eigenvalue weighted by molar-refractivity contribution is 5.94. The maximum Gasteiger partial charge on any atom is 0.144 e. The van der Waals surface area contributed by atoms with E-state index in [9.17, 15) is 0 Å². The highest BCUT2D eigenvalue weighted by Crippen LogP contribution is 2.31. The van der Waals surface area contributed by atoms with Crippen molar-refractivity contribution in [2.45, 2.75) is 13.3 Å². The van der Waals surface area contributed by atoms with Crippen LogP contribution in [0, 0.1) is 6.92 Å². The molecule has 1 aliphatic heterocycles. The lowest BCUT2D eigenvalue weighted by Gasteiger charge is -2.26. The number of anilines is 3. The minimum Gasteiger partial charge on any atom is -0.491 e. The maximum atomic E-state index is 6.26. The second-order valence-electron chi connectivity index (χ2n) is 7.28. The standard InChI is InChI=1S/C22H27N5O2/c1-16-4-2-5-17(12-16)26-22-18-13-19(23)21(14-20(18)24-15-25-22)29-9-3-6-27-7-10-28-11-8-27/h2,4-5,12-15H,3,6-11,23H2,1H3,(H,24,25,26). The molecule has 0 radical (unpaired) electrons. The van der Waals surface area contributed by atoms with Gasteiger partial charge in [-0.1, -0.05) is 12.1 Å². The van der Waals surface area contributed by atoms with Crippen LogP contribution in [0.15, 0.2) is 42.7 Å². The smallest absolute Gasteiger partial charge is 0.144 e. The van der Waals surface area contributed by atoms with Gasteiger partial charge in [0.05, 0.1) is 31.0 Å². The summed E-state index contributed by atoms with van der Waals surface area (Å²) in [5.74, 6) is 1.39. The molecule has 0 unspecified atom stereocenters. The number of ether oxygens (including phenoxy) is 2. The van der Waals surface area contributed by atoms with Gasteiger partial charge in [0, 0.05) is 36.8 Å². The highest BCUT2D eigenvalue weighted by atomic mass is 16.5. The summed E-state index contributed by atoms with van der Waals surface area (Å²) in [5.41, 5.74) is 9.81. The molecule has 152 valence electrons. The molecule has 3 N–H and O–H groups in total. The molecule has 4 rings (SSSR count). The van der Waals surface area contributed by atoms with E-state index in [2.05, 4.69) is 39.2 Å². The zero-order valence-electron chi connectivity index (χ0n) is 16.7. The Balaban J connectivity index is 1.44. The van der Waals surface area contributed by atoms with Gasteiger partial charge in [-0.15, -0.1) is 0 Å². The average Bonchev–Trinajstić information content (AvgIpc) is 2.73. The first-order valence-electron chi connectivity index (χ1n) is 10.00. The van der Waals surface area contributed by atoms with Gasteiger partial charge in [0.15, 0.2) is 0 Å². The molecule has 0 saturated carbocycles. The zero-order chi connectivity index (χ0) is 20.1. The van der Waals surface area contributed by atoms with Crippen molar-refractivity contribution in [2.75, 3.05) is 50.5 Å². The molecule has 0 amide bonds. The molecule has 1 saturated heterocycles. The van der Waals surface area contributed by atoms with Crippen LogP contribution < -0.4 is 15.8 Å². The predicted octanol–water partition coefficient (Wildman–Crippen LogP) is 3.37. The number of aromatic nitrogens is 2. The number of rotatable bonds is 7. The number of hydrogen-bond acceptors (Lipinski definition) is 7. The topological polar surface area (TPSA) is 85.5 Å². The summed E-state index contributed by atoms with van der Waals surface area (Å²) < 4.78 is 11.3. The number of nitrogen functional groups attached to an aromatic ring is 1. The molecular formula is C22H27N5O2. The van der Waals surface area contributed by atoms with E-state index in [0.29, 0.717) is 18.0 Å². The van der Waals surface area contributed by atoms with E-state index >= 15 is 0 Å². The van der Waals surface area contributed by atoms with Crippen molar-refractivity contribution in [1.29, 1.82) is 0 Å². The van der Waals surface area contributed by atoms with Crippen molar-refractivity contribution < 1.29 is 9.47 Å². The summed E-state index contributed by atoms with van der Waals surface area (Å²) in [6.07, 6.45) is 2.50. The lowest BCUT2D eigenvalue weighted by Crippen LogP contribution is -2.37. The Labute approximate surface area is 170 Å². The van der Waals surface area contributed by atoms with Crippen LogP contribution in [0.5, 0.6) is 5.75 Å². The van der Waals surface area contributed by atoms with Gasteiger partial charge >= 0.3 is 0 Å². The van der Waals surface area contributed by atoms with E-state index in [0.717, 1.165) is 61.7 Å². The minimum atomic E-state index is 0.589. The van der Waals surface area contributed by atoms with Gasteiger partial charge in [0.2, 0.25) is 0 Å². The second-order valence-corrected chi connectivity index (χ2v) is 7.28. The van der Waals surface area contributed by atoms with E-state index in [4.69, 9.17) is 15.2 Å². The van der Waals surface area contributed by atoms with Gasteiger partial charge in [0.1, 0.15) is 17.9 Å². The van der Waals surface area contributed by atoms with Crippen LogP contribution in [0.25, 0.3) is 10.9 Å². The number of nitrogens with one attached hydrogen (secondary N) is 1. The Kier molecular flexibility index (Phi) is 6.07. The molecule has 0 atom stereocenters. The Morgan fingerprint density at radius 3 is 2.86 bits per heavy atom. The highest BCUT2D eigenvalue weighted by Gasteiger charge is 2.12. The van der Waals surface area contributed by atoms with Gasteiger partial charge in [-0.05, 0) is 37.1 Å². The molecule has 29 heavy (non-hydrogen) atoms. The number of nitrogens with two attached hydrogens (primary N) is 1. The van der Waals surface area contributed by atoms with E-state index in [1.165, 1.54) is 5.56 Å². The number of nitrogens with zero attached hydrogens (tertiary/aromatic N) is 3. The molecule has 1 fully saturated rings. The third kappa shape index (κ3) is 4.93. The van der Waals surface area contributed by atoms with Crippen molar-refractivity contribution in [3.63, 3.8) is 0 Å². The number of morpholine rings is 1. The Morgan fingerprint density at radius 2 is 2.03 bits per heavy atom. The van der Waals surface area contributed by atoms with Crippen LogP contribution in [0.3, 0.4) is 0 Å². The molecule has 7 nitrogen and oxygen atoms in total. The predicted molar refractivity (Wildman–Crippen MR) is 116 cm³/mol. The largest absolute Gasteiger partial charge is 0.491 e. The fourth-order valence-corrected chi connectivity index (χ4v) is 3.48. The van der Waals surface area contributed by atoms with Gasteiger partial charge < -0.3 is 20.5 Å². The van der Waals surface area contributed by atoms with Crippen molar-refractivity contribution in [1.82, 2.24) is 14.9 Å². The third-order valence-electron chi connectivity index (χ3n) is 5.03. The van der Waals surface area contributed by atoms with E-state index in [1.807, 2.05) is 24.3 Å². The van der Waals surface area contributed by atoms with Crippen LogP contribution in [0.1, 0.15) is 12.0 Å². The average molecular weight is 393 g/mol. The number of hydrogen-bond donors (Lipinski definition) is 2. The quantitative estimate of drug-likeness (QED) is 0.470. The second kappa shape index (κ2) is 9.07. The van der Waals surface area contributed by atoms with Gasteiger partial charge in [-0.25, -0.2) is 9.97 Å². The molecule has 0 spiro atoms. The first-order valence-corrected chi connectivity index (χ1v) is 10.00. The molecule has 3 aromatic rings. The van der Waals surface area contributed by atoms with Crippen LogP contribution in [0.4, 0.5) is 17.2 Å². The van der Waals surface area contributed by atoms with Crippen molar-refractivity contribution in [2.24, 2.45) is 0 Å². The molecule has 0 aliphatic carbocycles. The van der Waals surface area contributed by atoms with E-state index in [-0.39, 0.29) is 0 Å². The van der Waals surface area contributed by atoms with Crippen LogP contribution in [0.2, 0.25) is 0 Å². The first-order chi connectivity index (χ1) is 14.2. The number of fused-ring (bicyclic) bond motifs is 1. The number of aryl methyl sites for hydroxylation is 1. The van der Waals surface area contributed by atoms with Crippen LogP contribution >= 0.6 is 0 Å². The summed E-state index contributed by atoms with van der Waals surface area (Å²) in [7, 11) is 0. The SMILES string of the molecule is Cc1cccc(Nc2ncnc3cc(OCCCN4CCOCC4)c(N)cc23)c1. The van der Waals surface area contributed by atoms with Gasteiger partial charge in [-0.3, -0.25) is 4.90 Å². The third-order valence-corrected chi connectivity index (χ3v) is 5.03. The zero-order valence-corrected chi connectivity index (χ0v) is 16.7. The normalized spacial score (nSPS) is 14.8. The minimum absolute atomic E-state index is 0.589. The lowest BCUT2D eigenvalue weighted by molar-refractivity contribution is 0.0358. The molecule has 2 heterocycles. The summed E-state index contributed by atoms with van der Waals surface area (Å²) in [6.45, 7) is 7.30. The molecule has 1 aromatic heterocycles. The molecule has 0 bridgehead atoms. The Bertz CT molecular complexity index is 973. The molecule has 7 heteroatoms. The molecular weight excluding hydrogens is 366 g/mol. The van der Waals surface area contributed by atoms with E-state index in [1.54, 1.807) is 6.33 Å². The molecule has 2 aromatic carbocycles. The first kappa shape index (κ1) is 19.4. The van der Waals surface area contributed by atoms with Gasteiger partial charge in [0.25, 0.3) is 0 Å².